The quantitative estimate of drug-likeness (QED) is 0.876. The molecule has 2 aromatic rings. The monoisotopic (exact) mass is 268 g/mol. The highest BCUT2D eigenvalue weighted by atomic mass is 16.3. The number of rotatable bonds is 5. The first-order valence-electron chi connectivity index (χ1n) is 7.19. The van der Waals surface area contributed by atoms with E-state index in [-0.39, 0.29) is 12.1 Å². The number of hydrogen-bond acceptors (Lipinski definition) is 3. The highest BCUT2D eigenvalue weighted by Gasteiger charge is 2.27. The Hall–Kier alpha value is -1.71. The average molecular weight is 268 g/mol. The molecule has 3 heteroatoms. The van der Waals surface area contributed by atoms with Crippen LogP contribution in [0.15, 0.2) is 54.9 Å². The van der Waals surface area contributed by atoms with Crippen LogP contribution in [0.4, 0.5) is 0 Å². The van der Waals surface area contributed by atoms with Crippen LogP contribution in [-0.4, -0.2) is 22.7 Å². The van der Waals surface area contributed by atoms with Crippen molar-refractivity contribution in [3.63, 3.8) is 0 Å². The molecule has 0 amide bonds. The summed E-state index contributed by atoms with van der Waals surface area (Å²) in [6.45, 7) is 0.943. The smallest absolute Gasteiger partial charge is 0.0577 e. The zero-order valence-corrected chi connectivity index (χ0v) is 11.4. The van der Waals surface area contributed by atoms with Crippen LogP contribution in [0.5, 0.6) is 0 Å². The van der Waals surface area contributed by atoms with Crippen molar-refractivity contribution < 1.29 is 5.11 Å². The molecule has 1 heterocycles. The van der Waals surface area contributed by atoms with E-state index >= 15 is 0 Å². The minimum Gasteiger partial charge on any atom is -0.393 e. The number of aliphatic hydroxyl groups excluding tert-OH is 1. The molecule has 0 saturated heterocycles. The van der Waals surface area contributed by atoms with E-state index in [2.05, 4.69) is 46.7 Å². The van der Waals surface area contributed by atoms with Gasteiger partial charge in [0, 0.05) is 12.4 Å². The lowest BCUT2D eigenvalue weighted by Crippen LogP contribution is -2.37. The van der Waals surface area contributed by atoms with Gasteiger partial charge in [-0.05, 0) is 48.6 Å². The molecule has 1 aromatic heterocycles. The Morgan fingerprint density at radius 2 is 1.70 bits per heavy atom. The third-order valence-corrected chi connectivity index (χ3v) is 3.99. The standard InChI is InChI=1S/C17H20N2O/c20-16-10-13(11-16)12-19-17(14-4-2-1-3-5-14)15-6-8-18-9-7-15/h1-9,13,16-17,19-20H,10-12H2. The summed E-state index contributed by atoms with van der Waals surface area (Å²) in [7, 11) is 0. The van der Waals surface area contributed by atoms with E-state index in [9.17, 15) is 5.11 Å². The second-order valence-electron chi connectivity index (χ2n) is 5.52. The highest BCUT2D eigenvalue weighted by Crippen LogP contribution is 2.28. The van der Waals surface area contributed by atoms with Crippen molar-refractivity contribution in [2.45, 2.75) is 25.0 Å². The minimum absolute atomic E-state index is 0.0853. The highest BCUT2D eigenvalue weighted by molar-refractivity contribution is 5.30. The maximum atomic E-state index is 9.38. The third-order valence-electron chi connectivity index (χ3n) is 3.99. The van der Waals surface area contributed by atoms with Crippen LogP contribution in [0, 0.1) is 5.92 Å². The van der Waals surface area contributed by atoms with E-state index in [0.29, 0.717) is 5.92 Å². The molecule has 0 aliphatic heterocycles. The molecule has 1 unspecified atom stereocenters. The molecule has 1 fully saturated rings. The van der Waals surface area contributed by atoms with Crippen molar-refractivity contribution >= 4 is 0 Å². The number of hydrogen-bond donors (Lipinski definition) is 2. The van der Waals surface area contributed by atoms with Crippen LogP contribution >= 0.6 is 0 Å². The summed E-state index contributed by atoms with van der Waals surface area (Å²) in [5.41, 5.74) is 2.49. The van der Waals surface area contributed by atoms with Crippen LogP contribution in [0.25, 0.3) is 0 Å². The van der Waals surface area contributed by atoms with Gasteiger partial charge in [-0.2, -0.15) is 0 Å². The van der Waals surface area contributed by atoms with Crippen LogP contribution < -0.4 is 5.32 Å². The Kier molecular flexibility index (Phi) is 4.09. The number of aliphatic hydroxyl groups is 1. The number of aromatic nitrogens is 1. The molecular weight excluding hydrogens is 248 g/mol. The minimum atomic E-state index is -0.0853. The van der Waals surface area contributed by atoms with Crippen LogP contribution in [0.3, 0.4) is 0 Å². The van der Waals surface area contributed by atoms with Gasteiger partial charge in [-0.25, -0.2) is 0 Å². The molecule has 1 saturated carbocycles. The molecule has 1 aliphatic rings. The van der Waals surface area contributed by atoms with Crippen LogP contribution in [0.2, 0.25) is 0 Å². The van der Waals surface area contributed by atoms with Gasteiger partial charge in [0.1, 0.15) is 0 Å². The van der Waals surface area contributed by atoms with E-state index < -0.39 is 0 Å². The summed E-state index contributed by atoms with van der Waals surface area (Å²) in [5, 5.41) is 13.0. The van der Waals surface area contributed by atoms with Gasteiger partial charge in [-0.15, -0.1) is 0 Å². The van der Waals surface area contributed by atoms with E-state index in [4.69, 9.17) is 0 Å². The summed E-state index contributed by atoms with van der Waals surface area (Å²) in [6, 6.07) is 14.8. The van der Waals surface area contributed by atoms with Crippen LogP contribution in [-0.2, 0) is 0 Å². The first-order valence-corrected chi connectivity index (χ1v) is 7.19. The van der Waals surface area contributed by atoms with Crippen molar-refractivity contribution in [3.05, 3.63) is 66.0 Å². The second-order valence-corrected chi connectivity index (χ2v) is 5.52. The first-order chi connectivity index (χ1) is 9.83. The zero-order chi connectivity index (χ0) is 13.8. The average Bonchev–Trinajstić information content (AvgIpc) is 2.48. The molecule has 0 radical (unpaired) electrons. The lowest BCUT2D eigenvalue weighted by atomic mass is 9.82. The summed E-state index contributed by atoms with van der Waals surface area (Å²) in [5.74, 6) is 0.595. The number of pyridine rings is 1. The lowest BCUT2D eigenvalue weighted by molar-refractivity contribution is 0.0423. The molecule has 3 nitrogen and oxygen atoms in total. The van der Waals surface area contributed by atoms with E-state index in [1.807, 2.05) is 18.5 Å². The number of nitrogens with zero attached hydrogens (tertiary/aromatic N) is 1. The van der Waals surface area contributed by atoms with E-state index in [1.165, 1.54) is 11.1 Å². The van der Waals surface area contributed by atoms with Crippen LogP contribution in [0.1, 0.15) is 30.0 Å². The van der Waals surface area contributed by atoms with Gasteiger partial charge in [0.05, 0.1) is 12.1 Å². The Morgan fingerprint density at radius 3 is 2.35 bits per heavy atom. The fourth-order valence-corrected chi connectivity index (χ4v) is 2.78. The van der Waals surface area contributed by atoms with Gasteiger partial charge in [0.25, 0.3) is 0 Å². The van der Waals surface area contributed by atoms with Gasteiger partial charge in [0.15, 0.2) is 0 Å². The van der Waals surface area contributed by atoms with E-state index in [0.717, 1.165) is 19.4 Å². The van der Waals surface area contributed by atoms with Crippen molar-refractivity contribution in [1.29, 1.82) is 0 Å². The Morgan fingerprint density at radius 1 is 1.05 bits per heavy atom. The normalized spacial score (nSPS) is 23.1. The maximum Gasteiger partial charge on any atom is 0.0577 e. The Labute approximate surface area is 119 Å². The predicted octanol–water partition coefficient (Wildman–Crippen LogP) is 2.53. The van der Waals surface area contributed by atoms with Gasteiger partial charge in [0.2, 0.25) is 0 Å². The molecule has 1 aromatic carbocycles. The Bertz CT molecular complexity index is 484. The second kappa shape index (κ2) is 6.16. The molecule has 3 rings (SSSR count). The number of benzene rings is 1. The maximum absolute atomic E-state index is 9.38. The summed E-state index contributed by atoms with van der Waals surface area (Å²) in [6.07, 6.45) is 5.42. The van der Waals surface area contributed by atoms with Crippen molar-refractivity contribution in [3.8, 4) is 0 Å². The molecule has 2 N–H and O–H groups in total. The number of nitrogens with one attached hydrogen (secondary N) is 1. The topological polar surface area (TPSA) is 45.1 Å². The van der Waals surface area contributed by atoms with Crippen molar-refractivity contribution in [2.75, 3.05) is 6.54 Å². The lowest BCUT2D eigenvalue weighted by Gasteiger charge is -2.33. The fraction of sp³-hybridized carbons (Fsp3) is 0.353. The van der Waals surface area contributed by atoms with Gasteiger partial charge in [-0.3, -0.25) is 4.98 Å². The zero-order valence-electron chi connectivity index (χ0n) is 11.4. The first kappa shape index (κ1) is 13.3. The summed E-state index contributed by atoms with van der Waals surface area (Å²) in [4.78, 5) is 4.09. The third kappa shape index (κ3) is 3.06. The predicted molar refractivity (Wildman–Crippen MR) is 79.3 cm³/mol. The molecule has 104 valence electrons. The molecule has 1 atom stereocenters. The van der Waals surface area contributed by atoms with Gasteiger partial charge < -0.3 is 10.4 Å². The van der Waals surface area contributed by atoms with Crippen molar-refractivity contribution in [1.82, 2.24) is 10.3 Å². The Balaban J connectivity index is 1.74. The van der Waals surface area contributed by atoms with Crippen molar-refractivity contribution in [2.24, 2.45) is 5.92 Å². The molecule has 20 heavy (non-hydrogen) atoms. The summed E-state index contributed by atoms with van der Waals surface area (Å²) < 4.78 is 0. The largest absolute Gasteiger partial charge is 0.393 e. The molecule has 0 spiro atoms. The van der Waals surface area contributed by atoms with E-state index in [1.54, 1.807) is 0 Å². The van der Waals surface area contributed by atoms with Gasteiger partial charge in [-0.1, -0.05) is 30.3 Å². The molecule has 0 bridgehead atoms. The SMILES string of the molecule is OC1CC(CNC(c2ccccc2)c2ccncc2)C1. The fourth-order valence-electron chi connectivity index (χ4n) is 2.78. The summed E-state index contributed by atoms with van der Waals surface area (Å²) >= 11 is 0. The van der Waals surface area contributed by atoms with Gasteiger partial charge >= 0.3 is 0 Å². The molecular formula is C17H20N2O. The molecule has 1 aliphatic carbocycles.